The largest absolute Gasteiger partial charge is 0.339 e. The van der Waals surface area contributed by atoms with E-state index in [0.717, 1.165) is 24.2 Å². The molecule has 2 heterocycles. The van der Waals surface area contributed by atoms with Gasteiger partial charge in [0.1, 0.15) is 5.65 Å². The van der Waals surface area contributed by atoms with Crippen LogP contribution in [-0.4, -0.2) is 9.97 Å². The lowest BCUT2D eigenvalue weighted by Crippen LogP contribution is -1.82. The third kappa shape index (κ3) is 4.46. The molecular formula is C25H28N2. The number of pyridine rings is 1. The maximum Gasteiger partial charge on any atom is 0.137 e. The number of nitrogens with zero attached hydrogens (tertiary/aromatic N) is 1. The van der Waals surface area contributed by atoms with Crippen molar-refractivity contribution < 1.29 is 0 Å². The number of aromatic amines is 1. The molecule has 2 nitrogen and oxygen atoms in total. The van der Waals surface area contributed by atoms with Gasteiger partial charge in [-0.3, -0.25) is 0 Å². The molecule has 0 aliphatic heterocycles. The Bertz CT molecular complexity index is 1010. The second-order valence-corrected chi connectivity index (χ2v) is 6.90. The van der Waals surface area contributed by atoms with Gasteiger partial charge in [-0.05, 0) is 66.6 Å². The van der Waals surface area contributed by atoms with E-state index in [9.17, 15) is 0 Å². The molecule has 138 valence electrons. The van der Waals surface area contributed by atoms with Crippen LogP contribution in [0.15, 0.2) is 66.9 Å². The van der Waals surface area contributed by atoms with E-state index >= 15 is 0 Å². The number of rotatable bonds is 3. The molecule has 0 bridgehead atoms. The summed E-state index contributed by atoms with van der Waals surface area (Å²) in [6.45, 7) is 8.62. The van der Waals surface area contributed by atoms with Crippen molar-refractivity contribution in [1.82, 2.24) is 9.97 Å². The zero-order valence-electron chi connectivity index (χ0n) is 16.7. The molecule has 2 aromatic heterocycles. The molecule has 4 rings (SSSR count). The van der Waals surface area contributed by atoms with Gasteiger partial charge in [-0.25, -0.2) is 4.98 Å². The van der Waals surface area contributed by atoms with Gasteiger partial charge in [0.25, 0.3) is 0 Å². The lowest BCUT2D eigenvalue weighted by molar-refractivity contribution is 1.11. The molecule has 0 atom stereocenters. The highest BCUT2D eigenvalue weighted by Crippen LogP contribution is 2.25. The molecule has 0 saturated carbocycles. The third-order valence-electron chi connectivity index (χ3n) is 5.07. The Hall–Kier alpha value is -2.87. The average Bonchev–Trinajstić information content (AvgIpc) is 3.15. The Kier molecular flexibility index (Phi) is 6.08. The molecule has 27 heavy (non-hydrogen) atoms. The molecule has 0 unspecified atom stereocenters. The number of nitrogens with one attached hydrogen (secondary N) is 1. The number of H-pyrrole nitrogens is 1. The second kappa shape index (κ2) is 8.68. The lowest BCUT2D eigenvalue weighted by atomic mass is 10.1. The highest BCUT2D eigenvalue weighted by molar-refractivity contribution is 5.85. The quantitative estimate of drug-likeness (QED) is 0.437. The first kappa shape index (κ1) is 18.9. The van der Waals surface area contributed by atoms with E-state index in [4.69, 9.17) is 0 Å². The molecule has 1 N–H and O–H groups in total. The minimum absolute atomic E-state index is 0.963. The van der Waals surface area contributed by atoms with Crippen LogP contribution in [0.3, 0.4) is 0 Å². The summed E-state index contributed by atoms with van der Waals surface area (Å²) >= 11 is 0. The maximum atomic E-state index is 4.37. The van der Waals surface area contributed by atoms with E-state index in [1.165, 1.54) is 33.2 Å². The summed E-state index contributed by atoms with van der Waals surface area (Å²) in [6.07, 6.45) is 4.07. The van der Waals surface area contributed by atoms with Gasteiger partial charge >= 0.3 is 0 Å². The van der Waals surface area contributed by atoms with Crippen molar-refractivity contribution in [1.29, 1.82) is 0 Å². The van der Waals surface area contributed by atoms with Crippen LogP contribution >= 0.6 is 0 Å². The molecule has 0 aliphatic carbocycles. The predicted molar refractivity (Wildman–Crippen MR) is 116 cm³/mol. The summed E-state index contributed by atoms with van der Waals surface area (Å²) < 4.78 is 0. The fourth-order valence-corrected chi connectivity index (χ4v) is 3.24. The monoisotopic (exact) mass is 356 g/mol. The van der Waals surface area contributed by atoms with Crippen LogP contribution in [0.4, 0.5) is 0 Å². The molecule has 0 aliphatic rings. The highest BCUT2D eigenvalue weighted by atomic mass is 14.9. The van der Waals surface area contributed by atoms with Crippen molar-refractivity contribution in [3.63, 3.8) is 0 Å². The summed E-state index contributed by atoms with van der Waals surface area (Å²) in [7, 11) is 0. The summed E-state index contributed by atoms with van der Waals surface area (Å²) in [5.41, 5.74) is 8.79. The fourth-order valence-electron chi connectivity index (χ4n) is 3.24. The zero-order chi connectivity index (χ0) is 19.2. The third-order valence-corrected chi connectivity index (χ3v) is 5.07. The number of fused-ring (bicyclic) bond motifs is 1. The molecule has 0 spiro atoms. The van der Waals surface area contributed by atoms with Crippen LogP contribution in [0, 0.1) is 13.8 Å². The van der Waals surface area contributed by atoms with Crippen molar-refractivity contribution >= 4 is 11.0 Å². The summed E-state index contributed by atoms with van der Waals surface area (Å²) in [4.78, 5) is 7.75. The molecule has 0 radical (unpaired) electrons. The van der Waals surface area contributed by atoms with Gasteiger partial charge in [0, 0.05) is 17.3 Å². The van der Waals surface area contributed by atoms with Crippen molar-refractivity contribution in [2.75, 3.05) is 0 Å². The van der Waals surface area contributed by atoms with Gasteiger partial charge in [-0.15, -0.1) is 0 Å². The number of benzene rings is 2. The number of aryl methyl sites for hydroxylation is 4. The maximum absolute atomic E-state index is 4.37. The number of hydrogen-bond donors (Lipinski definition) is 1. The van der Waals surface area contributed by atoms with Crippen molar-refractivity contribution in [2.45, 2.75) is 40.5 Å². The van der Waals surface area contributed by atoms with E-state index in [0.29, 0.717) is 0 Å². The smallest absolute Gasteiger partial charge is 0.137 e. The summed E-state index contributed by atoms with van der Waals surface area (Å²) in [5.74, 6) is 0. The van der Waals surface area contributed by atoms with E-state index in [2.05, 4.69) is 92.3 Å². The molecule has 0 amide bonds. The summed E-state index contributed by atoms with van der Waals surface area (Å²) in [6, 6.07) is 21.4. The van der Waals surface area contributed by atoms with E-state index in [1.807, 2.05) is 12.3 Å². The van der Waals surface area contributed by atoms with Gasteiger partial charge in [0.2, 0.25) is 0 Å². The minimum atomic E-state index is 0.963. The Morgan fingerprint density at radius 1 is 0.815 bits per heavy atom. The van der Waals surface area contributed by atoms with Crippen LogP contribution in [0.25, 0.3) is 22.3 Å². The normalized spacial score (nSPS) is 10.5. The molecule has 0 fully saturated rings. The number of aromatic nitrogens is 2. The van der Waals surface area contributed by atoms with Gasteiger partial charge < -0.3 is 4.98 Å². The van der Waals surface area contributed by atoms with Gasteiger partial charge in [0.05, 0.1) is 0 Å². The van der Waals surface area contributed by atoms with Crippen molar-refractivity contribution in [2.24, 2.45) is 0 Å². The first-order valence-electron chi connectivity index (χ1n) is 9.70. The second-order valence-electron chi connectivity index (χ2n) is 6.90. The molecule has 2 aromatic carbocycles. The average molecular weight is 357 g/mol. The molecule has 2 heteroatoms. The minimum Gasteiger partial charge on any atom is -0.339 e. The molecule has 0 saturated heterocycles. The van der Waals surface area contributed by atoms with E-state index < -0.39 is 0 Å². The SMILES string of the molecule is CCc1ccc(-c2cc3c(C)ccnc3[nH]2)cc1.CCc1ccccc1C. The van der Waals surface area contributed by atoms with Crippen LogP contribution in [0.1, 0.15) is 36.1 Å². The zero-order valence-corrected chi connectivity index (χ0v) is 16.7. The molecule has 4 aromatic rings. The van der Waals surface area contributed by atoms with Crippen LogP contribution < -0.4 is 0 Å². The van der Waals surface area contributed by atoms with Crippen LogP contribution in [0.5, 0.6) is 0 Å². The number of hydrogen-bond acceptors (Lipinski definition) is 1. The van der Waals surface area contributed by atoms with Crippen molar-refractivity contribution in [3.8, 4) is 11.3 Å². The first-order chi connectivity index (χ1) is 13.1. The Morgan fingerprint density at radius 3 is 2.15 bits per heavy atom. The van der Waals surface area contributed by atoms with Gasteiger partial charge in [-0.1, -0.05) is 62.4 Å². The standard InChI is InChI=1S/C16H16N2.C9H12/c1-3-12-4-6-13(7-5-12)15-10-14-11(2)8-9-17-16(14)18-15;1-3-9-7-5-4-6-8(9)2/h4-10H,3H2,1-2H3,(H,17,18);4-7H,3H2,1-2H3. The Morgan fingerprint density at radius 2 is 1.56 bits per heavy atom. The van der Waals surface area contributed by atoms with Crippen molar-refractivity contribution in [3.05, 3.63) is 89.1 Å². The van der Waals surface area contributed by atoms with Gasteiger partial charge in [-0.2, -0.15) is 0 Å². The Labute approximate surface area is 162 Å². The predicted octanol–water partition coefficient (Wildman–Crippen LogP) is 6.66. The lowest BCUT2D eigenvalue weighted by Gasteiger charge is -1.99. The van der Waals surface area contributed by atoms with E-state index in [-0.39, 0.29) is 0 Å². The highest BCUT2D eigenvalue weighted by Gasteiger charge is 2.05. The topological polar surface area (TPSA) is 28.7 Å². The van der Waals surface area contributed by atoms with Crippen LogP contribution in [-0.2, 0) is 12.8 Å². The fraction of sp³-hybridized carbons (Fsp3) is 0.240. The first-order valence-corrected chi connectivity index (χ1v) is 9.70. The Balaban J connectivity index is 0.000000197. The van der Waals surface area contributed by atoms with Crippen LogP contribution in [0.2, 0.25) is 0 Å². The van der Waals surface area contributed by atoms with E-state index in [1.54, 1.807) is 0 Å². The summed E-state index contributed by atoms with van der Waals surface area (Å²) in [5, 5.41) is 1.20. The molecular weight excluding hydrogens is 328 g/mol. The van der Waals surface area contributed by atoms with Gasteiger partial charge in [0.15, 0.2) is 0 Å².